The Morgan fingerprint density at radius 2 is 1.67 bits per heavy atom. The Balaban J connectivity index is 2.05. The minimum atomic E-state index is -0.173. The molecule has 0 aromatic heterocycles. The molecule has 1 atom stereocenters. The summed E-state index contributed by atoms with van der Waals surface area (Å²) in [5.41, 5.74) is 1.04. The van der Waals surface area contributed by atoms with Crippen LogP contribution >= 0.6 is 11.6 Å². The summed E-state index contributed by atoms with van der Waals surface area (Å²) in [5.74, 6) is 0.692. The van der Waals surface area contributed by atoms with E-state index in [1.165, 1.54) is 4.90 Å². The van der Waals surface area contributed by atoms with Crippen LogP contribution in [0.5, 0.6) is 0 Å². The predicted octanol–water partition coefficient (Wildman–Crippen LogP) is 2.94. The van der Waals surface area contributed by atoms with Gasteiger partial charge < -0.3 is 0 Å². The fourth-order valence-corrected chi connectivity index (χ4v) is 2.49. The topological polar surface area (TPSA) is 37.4 Å². The van der Waals surface area contributed by atoms with Crippen molar-refractivity contribution in [1.82, 2.24) is 4.90 Å². The first kappa shape index (κ1) is 13.1. The normalized spacial score (nSPS) is 16.0. The summed E-state index contributed by atoms with van der Waals surface area (Å²) in [5, 5.41) is 0. The molecular weight excluding hydrogens is 250 g/mol. The van der Waals surface area contributed by atoms with E-state index in [4.69, 9.17) is 11.6 Å². The molecule has 2 amide bonds. The molecule has 0 saturated carbocycles. The second kappa shape index (κ2) is 5.53. The molecule has 0 radical (unpaired) electrons. The molecule has 4 heteroatoms. The van der Waals surface area contributed by atoms with Gasteiger partial charge in [0.25, 0.3) is 11.8 Å². The third-order valence-corrected chi connectivity index (χ3v) is 3.54. The smallest absolute Gasteiger partial charge is 0.261 e. The van der Waals surface area contributed by atoms with E-state index in [1.54, 1.807) is 24.3 Å². The number of benzene rings is 1. The van der Waals surface area contributed by atoms with Crippen molar-refractivity contribution in [1.29, 1.82) is 0 Å². The second-order valence-corrected chi connectivity index (χ2v) is 5.06. The largest absolute Gasteiger partial charge is 0.274 e. The van der Waals surface area contributed by atoms with Crippen LogP contribution < -0.4 is 0 Å². The van der Waals surface area contributed by atoms with Crippen LogP contribution in [0.4, 0.5) is 0 Å². The average molecular weight is 266 g/mol. The van der Waals surface area contributed by atoms with Gasteiger partial charge in [-0.05, 0) is 30.9 Å². The third-order valence-electron chi connectivity index (χ3n) is 3.33. The lowest BCUT2D eigenvalue weighted by molar-refractivity contribution is 0.0646. The zero-order valence-electron chi connectivity index (χ0n) is 10.4. The summed E-state index contributed by atoms with van der Waals surface area (Å²) in [6, 6.07) is 6.97. The van der Waals surface area contributed by atoms with Crippen molar-refractivity contribution in [3.8, 4) is 0 Å². The van der Waals surface area contributed by atoms with Crippen LogP contribution in [0.3, 0.4) is 0 Å². The first-order valence-corrected chi connectivity index (χ1v) is 6.69. The summed E-state index contributed by atoms with van der Waals surface area (Å²) in [7, 11) is 0. The Kier molecular flexibility index (Phi) is 4.02. The molecular formula is C14H16ClNO2. The van der Waals surface area contributed by atoms with Crippen molar-refractivity contribution >= 4 is 23.4 Å². The number of rotatable bonds is 5. The summed E-state index contributed by atoms with van der Waals surface area (Å²) in [6.07, 6.45) is 1.71. The highest BCUT2D eigenvalue weighted by atomic mass is 35.5. The molecule has 0 aliphatic carbocycles. The van der Waals surface area contributed by atoms with E-state index in [1.807, 2.05) is 0 Å². The van der Waals surface area contributed by atoms with Gasteiger partial charge >= 0.3 is 0 Å². The molecule has 1 aromatic rings. The van der Waals surface area contributed by atoms with Crippen LogP contribution in [-0.2, 0) is 0 Å². The monoisotopic (exact) mass is 265 g/mol. The van der Waals surface area contributed by atoms with Gasteiger partial charge in [-0.15, -0.1) is 11.6 Å². The number of alkyl halides is 1. The minimum Gasteiger partial charge on any atom is -0.274 e. The zero-order valence-corrected chi connectivity index (χ0v) is 11.1. The number of fused-ring (bicyclic) bond motifs is 1. The Hall–Kier alpha value is -1.35. The molecule has 0 spiro atoms. The Morgan fingerprint density at radius 3 is 2.17 bits per heavy atom. The molecule has 1 unspecified atom stereocenters. The van der Waals surface area contributed by atoms with Gasteiger partial charge in [0.05, 0.1) is 11.1 Å². The standard InChI is InChI=1S/C14H16ClNO2/c1-10(6-8-15)7-9-16-13(17)11-4-2-3-5-12(11)14(16)18/h2-5,10H,6-9H2,1H3. The van der Waals surface area contributed by atoms with Crippen LogP contribution in [0.1, 0.15) is 40.5 Å². The average Bonchev–Trinajstić information content (AvgIpc) is 2.61. The number of hydrogen-bond acceptors (Lipinski definition) is 2. The van der Waals surface area contributed by atoms with E-state index >= 15 is 0 Å². The number of nitrogens with zero attached hydrogens (tertiary/aromatic N) is 1. The van der Waals surface area contributed by atoms with Crippen LogP contribution in [0.2, 0.25) is 0 Å². The van der Waals surface area contributed by atoms with Gasteiger partial charge in [-0.3, -0.25) is 14.5 Å². The lowest BCUT2D eigenvalue weighted by Gasteiger charge is -2.16. The SMILES string of the molecule is CC(CCCl)CCN1C(=O)c2ccccc2C1=O. The highest BCUT2D eigenvalue weighted by Gasteiger charge is 2.34. The van der Waals surface area contributed by atoms with E-state index in [0.29, 0.717) is 29.5 Å². The molecule has 0 fully saturated rings. The molecule has 1 aromatic carbocycles. The molecule has 0 bridgehead atoms. The van der Waals surface area contributed by atoms with Crippen LogP contribution in [0, 0.1) is 5.92 Å². The highest BCUT2D eigenvalue weighted by molar-refractivity contribution is 6.21. The lowest BCUT2D eigenvalue weighted by atomic mass is 10.1. The lowest BCUT2D eigenvalue weighted by Crippen LogP contribution is -2.31. The molecule has 1 aliphatic heterocycles. The molecule has 3 nitrogen and oxygen atoms in total. The van der Waals surface area contributed by atoms with Crippen molar-refractivity contribution < 1.29 is 9.59 Å². The van der Waals surface area contributed by atoms with Crippen molar-refractivity contribution in [2.75, 3.05) is 12.4 Å². The van der Waals surface area contributed by atoms with E-state index in [0.717, 1.165) is 12.8 Å². The van der Waals surface area contributed by atoms with Gasteiger partial charge in [-0.2, -0.15) is 0 Å². The summed E-state index contributed by atoms with van der Waals surface area (Å²) >= 11 is 5.67. The van der Waals surface area contributed by atoms with Crippen LogP contribution in [0.25, 0.3) is 0 Å². The van der Waals surface area contributed by atoms with Gasteiger partial charge in [0.1, 0.15) is 0 Å². The molecule has 1 heterocycles. The van der Waals surface area contributed by atoms with E-state index in [9.17, 15) is 9.59 Å². The van der Waals surface area contributed by atoms with Crippen LogP contribution in [0.15, 0.2) is 24.3 Å². The maximum absolute atomic E-state index is 12.1. The van der Waals surface area contributed by atoms with Crippen molar-refractivity contribution in [2.24, 2.45) is 5.92 Å². The summed E-state index contributed by atoms with van der Waals surface area (Å²) < 4.78 is 0. The number of hydrogen-bond donors (Lipinski definition) is 0. The molecule has 2 rings (SSSR count). The maximum atomic E-state index is 12.1. The Labute approximate surface area is 112 Å². The van der Waals surface area contributed by atoms with E-state index < -0.39 is 0 Å². The molecule has 96 valence electrons. The minimum absolute atomic E-state index is 0.173. The summed E-state index contributed by atoms with van der Waals surface area (Å²) in [4.78, 5) is 25.5. The van der Waals surface area contributed by atoms with Gasteiger partial charge in [-0.25, -0.2) is 0 Å². The van der Waals surface area contributed by atoms with Gasteiger partial charge in [-0.1, -0.05) is 19.1 Å². The molecule has 18 heavy (non-hydrogen) atoms. The second-order valence-electron chi connectivity index (χ2n) is 4.68. The van der Waals surface area contributed by atoms with Gasteiger partial charge in [0.2, 0.25) is 0 Å². The van der Waals surface area contributed by atoms with Crippen molar-refractivity contribution in [3.63, 3.8) is 0 Å². The summed E-state index contributed by atoms with van der Waals surface area (Å²) in [6.45, 7) is 2.56. The zero-order chi connectivity index (χ0) is 13.1. The fraction of sp³-hybridized carbons (Fsp3) is 0.429. The number of carbonyl (C=O) groups is 2. The van der Waals surface area contributed by atoms with Crippen LogP contribution in [-0.4, -0.2) is 29.1 Å². The van der Waals surface area contributed by atoms with Gasteiger partial charge in [0.15, 0.2) is 0 Å². The third kappa shape index (κ3) is 2.41. The van der Waals surface area contributed by atoms with Crippen molar-refractivity contribution in [3.05, 3.63) is 35.4 Å². The fourth-order valence-electron chi connectivity index (χ4n) is 2.12. The Morgan fingerprint density at radius 1 is 1.11 bits per heavy atom. The number of amides is 2. The number of halogens is 1. The van der Waals surface area contributed by atoms with Crippen molar-refractivity contribution in [2.45, 2.75) is 19.8 Å². The predicted molar refractivity (Wildman–Crippen MR) is 70.9 cm³/mol. The molecule has 0 saturated heterocycles. The first-order valence-electron chi connectivity index (χ1n) is 6.16. The quantitative estimate of drug-likeness (QED) is 0.606. The number of imide groups is 1. The van der Waals surface area contributed by atoms with Gasteiger partial charge in [0, 0.05) is 12.4 Å². The van der Waals surface area contributed by atoms with E-state index in [2.05, 4.69) is 6.92 Å². The maximum Gasteiger partial charge on any atom is 0.261 e. The van der Waals surface area contributed by atoms with E-state index in [-0.39, 0.29) is 11.8 Å². The Bertz CT molecular complexity index is 438. The molecule has 0 N–H and O–H groups in total. The highest BCUT2D eigenvalue weighted by Crippen LogP contribution is 2.23. The first-order chi connectivity index (χ1) is 8.65. The number of carbonyl (C=O) groups excluding carboxylic acids is 2. The molecule has 1 aliphatic rings.